The van der Waals surface area contributed by atoms with Crippen molar-refractivity contribution in [3.05, 3.63) is 5.01 Å². The summed E-state index contributed by atoms with van der Waals surface area (Å²) in [6.07, 6.45) is -1.37. The summed E-state index contributed by atoms with van der Waals surface area (Å²) in [5.74, 6) is 0. The van der Waals surface area contributed by atoms with Crippen LogP contribution >= 0.6 is 11.3 Å². The highest BCUT2D eigenvalue weighted by Crippen LogP contribution is 2.36. The third kappa shape index (κ3) is 2.09. The predicted octanol–water partition coefficient (Wildman–Crippen LogP) is 0.734. The van der Waals surface area contributed by atoms with Crippen molar-refractivity contribution in [1.82, 2.24) is 15.1 Å². The number of rotatable bonds is 1. The number of anilines is 1. The Kier molecular flexibility index (Phi) is 3.07. The molecule has 2 rings (SSSR count). The number of aromatic nitrogens is 2. The maximum Gasteiger partial charge on any atom is 0.330 e. The van der Waals surface area contributed by atoms with Crippen molar-refractivity contribution < 1.29 is 15.0 Å². The number of likely N-dealkylation sites (N-methyl/N-ethyl adjacent to an activating group) is 1. The highest BCUT2D eigenvalue weighted by atomic mass is 32.1. The molecule has 106 valence electrons. The van der Waals surface area contributed by atoms with Gasteiger partial charge in [0, 0.05) is 12.5 Å². The Morgan fingerprint density at radius 1 is 1.37 bits per heavy atom. The highest BCUT2D eigenvalue weighted by molar-refractivity contribution is 7.15. The van der Waals surface area contributed by atoms with Crippen LogP contribution in [-0.4, -0.2) is 50.3 Å². The first kappa shape index (κ1) is 14.2. The van der Waals surface area contributed by atoms with E-state index in [4.69, 9.17) is 0 Å². The molecule has 1 saturated heterocycles. The molecule has 0 saturated carbocycles. The normalized spacial score (nSPS) is 28.4. The smallest absolute Gasteiger partial charge is 0.330 e. The Balaban J connectivity index is 2.38. The molecule has 1 aliphatic heterocycles. The zero-order valence-electron chi connectivity index (χ0n) is 11.6. The number of aliphatic hydroxyl groups is 2. The van der Waals surface area contributed by atoms with Gasteiger partial charge in [0.1, 0.15) is 5.01 Å². The zero-order valence-corrected chi connectivity index (χ0v) is 12.4. The van der Waals surface area contributed by atoms with Gasteiger partial charge in [0.05, 0.1) is 0 Å². The number of hydrogen-bond donors (Lipinski definition) is 2. The lowest BCUT2D eigenvalue weighted by atomic mass is 9.98. The molecule has 0 aromatic carbocycles. The van der Waals surface area contributed by atoms with Crippen LogP contribution in [0.1, 0.15) is 32.7 Å². The third-order valence-electron chi connectivity index (χ3n) is 3.17. The van der Waals surface area contributed by atoms with Crippen molar-refractivity contribution in [2.24, 2.45) is 0 Å². The molecule has 0 radical (unpaired) electrons. The molecule has 2 amide bonds. The topological polar surface area (TPSA) is 89.8 Å². The van der Waals surface area contributed by atoms with Crippen LogP contribution in [0, 0.1) is 0 Å². The SMILES string of the molecule is CN1C(=O)N(c2nnc(C(C)(C)C)s2)C(O)C1(C)O. The molecule has 2 atom stereocenters. The van der Waals surface area contributed by atoms with Crippen molar-refractivity contribution in [2.75, 3.05) is 11.9 Å². The van der Waals surface area contributed by atoms with E-state index in [1.165, 1.54) is 25.3 Å². The van der Waals surface area contributed by atoms with Crippen molar-refractivity contribution in [2.45, 2.75) is 45.1 Å². The van der Waals surface area contributed by atoms with E-state index in [0.717, 1.165) is 14.8 Å². The molecule has 2 heterocycles. The average molecular weight is 286 g/mol. The first-order valence-corrected chi connectivity index (χ1v) is 6.70. The Morgan fingerprint density at radius 2 is 1.95 bits per heavy atom. The minimum Gasteiger partial charge on any atom is -0.369 e. The van der Waals surface area contributed by atoms with Gasteiger partial charge in [-0.15, -0.1) is 10.2 Å². The van der Waals surface area contributed by atoms with Gasteiger partial charge in [-0.25, -0.2) is 9.69 Å². The minimum absolute atomic E-state index is 0.182. The molecule has 0 spiro atoms. The van der Waals surface area contributed by atoms with Gasteiger partial charge in [-0.3, -0.25) is 4.90 Å². The van der Waals surface area contributed by atoms with Gasteiger partial charge in [-0.2, -0.15) is 0 Å². The summed E-state index contributed by atoms with van der Waals surface area (Å²) in [4.78, 5) is 14.2. The number of nitrogens with zero attached hydrogens (tertiary/aromatic N) is 4. The Bertz CT molecular complexity index is 508. The monoisotopic (exact) mass is 286 g/mol. The third-order valence-corrected chi connectivity index (χ3v) is 4.52. The van der Waals surface area contributed by atoms with E-state index in [9.17, 15) is 15.0 Å². The molecule has 1 aromatic heterocycles. The lowest BCUT2D eigenvalue weighted by Crippen LogP contribution is -2.47. The van der Waals surface area contributed by atoms with Gasteiger partial charge in [-0.1, -0.05) is 32.1 Å². The van der Waals surface area contributed by atoms with E-state index in [2.05, 4.69) is 10.2 Å². The van der Waals surface area contributed by atoms with E-state index in [-0.39, 0.29) is 10.5 Å². The zero-order chi connectivity index (χ0) is 14.6. The molecule has 2 unspecified atom stereocenters. The summed E-state index contributed by atoms with van der Waals surface area (Å²) >= 11 is 1.23. The van der Waals surface area contributed by atoms with Crippen LogP contribution in [-0.2, 0) is 5.41 Å². The van der Waals surface area contributed by atoms with Gasteiger partial charge in [0.2, 0.25) is 5.13 Å². The average Bonchev–Trinajstić information content (AvgIpc) is 2.81. The summed E-state index contributed by atoms with van der Waals surface area (Å²) in [5, 5.41) is 29.2. The highest BCUT2D eigenvalue weighted by Gasteiger charge is 2.53. The van der Waals surface area contributed by atoms with E-state index in [0.29, 0.717) is 0 Å². The van der Waals surface area contributed by atoms with Gasteiger partial charge in [0.25, 0.3) is 0 Å². The minimum atomic E-state index is -1.65. The molecular formula is C11H18N4O3S. The quantitative estimate of drug-likeness (QED) is 0.794. The summed E-state index contributed by atoms with van der Waals surface area (Å²) in [6, 6.07) is -0.505. The number of carbonyl (C=O) groups is 1. The van der Waals surface area contributed by atoms with Crippen molar-refractivity contribution in [3.63, 3.8) is 0 Å². The molecule has 0 aliphatic carbocycles. The fourth-order valence-electron chi connectivity index (χ4n) is 1.68. The molecule has 0 bridgehead atoms. The lowest BCUT2D eigenvalue weighted by Gasteiger charge is -2.26. The molecule has 1 aromatic rings. The van der Waals surface area contributed by atoms with Crippen molar-refractivity contribution in [1.29, 1.82) is 0 Å². The summed E-state index contributed by atoms with van der Waals surface area (Å²) in [7, 11) is 1.43. The molecule has 7 nitrogen and oxygen atoms in total. The van der Waals surface area contributed by atoms with Gasteiger partial charge >= 0.3 is 6.03 Å². The Labute approximate surface area is 115 Å². The van der Waals surface area contributed by atoms with Crippen LogP contribution in [0.4, 0.5) is 9.93 Å². The Hall–Kier alpha value is -1.25. The van der Waals surface area contributed by atoms with Gasteiger partial charge in [0.15, 0.2) is 12.0 Å². The standard InChI is InChI=1S/C11H18N4O3S/c1-10(2,3)6-12-13-8(19-6)15-7(16)11(4,18)14(5)9(15)17/h7,16,18H,1-5H3. The van der Waals surface area contributed by atoms with E-state index >= 15 is 0 Å². The van der Waals surface area contributed by atoms with Crippen molar-refractivity contribution >= 4 is 22.5 Å². The van der Waals surface area contributed by atoms with Gasteiger partial charge < -0.3 is 10.2 Å². The van der Waals surface area contributed by atoms with E-state index in [1.807, 2.05) is 20.8 Å². The number of carbonyl (C=O) groups excluding carboxylic acids is 1. The van der Waals surface area contributed by atoms with Gasteiger partial charge in [-0.05, 0) is 6.92 Å². The summed E-state index contributed by atoms with van der Waals surface area (Å²) < 4.78 is 0. The van der Waals surface area contributed by atoms with Crippen LogP contribution in [0.5, 0.6) is 0 Å². The number of urea groups is 1. The fraction of sp³-hybridized carbons (Fsp3) is 0.727. The van der Waals surface area contributed by atoms with E-state index < -0.39 is 18.0 Å². The molecule has 8 heteroatoms. The molecular weight excluding hydrogens is 268 g/mol. The van der Waals surface area contributed by atoms with Crippen molar-refractivity contribution in [3.8, 4) is 0 Å². The maximum atomic E-state index is 12.1. The fourth-order valence-corrected chi connectivity index (χ4v) is 2.60. The molecule has 1 aliphatic rings. The maximum absolute atomic E-state index is 12.1. The number of aliphatic hydroxyl groups excluding tert-OH is 1. The number of hydrogen-bond acceptors (Lipinski definition) is 6. The Morgan fingerprint density at radius 3 is 2.32 bits per heavy atom. The summed E-state index contributed by atoms with van der Waals surface area (Å²) in [6.45, 7) is 7.34. The van der Waals surface area contributed by atoms with Crippen LogP contribution in [0.25, 0.3) is 0 Å². The molecule has 2 N–H and O–H groups in total. The second-order valence-electron chi connectivity index (χ2n) is 5.82. The summed E-state index contributed by atoms with van der Waals surface area (Å²) in [5.41, 5.74) is -1.83. The van der Waals surface area contributed by atoms with Crippen LogP contribution in [0.3, 0.4) is 0 Å². The van der Waals surface area contributed by atoms with Crippen LogP contribution in [0.15, 0.2) is 0 Å². The van der Waals surface area contributed by atoms with Crippen LogP contribution < -0.4 is 4.90 Å². The molecule has 19 heavy (non-hydrogen) atoms. The largest absolute Gasteiger partial charge is 0.369 e. The molecule has 1 fully saturated rings. The first-order valence-electron chi connectivity index (χ1n) is 5.88. The first-order chi connectivity index (χ1) is 8.56. The second-order valence-corrected chi connectivity index (χ2v) is 6.78. The van der Waals surface area contributed by atoms with Crippen LogP contribution in [0.2, 0.25) is 0 Å². The lowest BCUT2D eigenvalue weighted by molar-refractivity contribution is -0.108. The second kappa shape index (κ2) is 4.12. The number of amides is 2. The predicted molar refractivity (Wildman–Crippen MR) is 70.9 cm³/mol. The van der Waals surface area contributed by atoms with E-state index in [1.54, 1.807) is 0 Å².